The molecule has 2 heteroatoms. The van der Waals surface area contributed by atoms with Crippen LogP contribution in [-0.2, 0) is 5.54 Å². The van der Waals surface area contributed by atoms with Crippen LogP contribution in [0, 0.1) is 6.92 Å². The van der Waals surface area contributed by atoms with Gasteiger partial charge in [0.15, 0.2) is 0 Å². The van der Waals surface area contributed by atoms with Gasteiger partial charge in [-0.2, -0.15) is 0 Å². The van der Waals surface area contributed by atoms with Gasteiger partial charge in [-0.25, -0.2) is 0 Å². The fraction of sp³-hybridized carbons (Fsp3) is 0.538. The summed E-state index contributed by atoms with van der Waals surface area (Å²) in [6.45, 7) is 2.13. The summed E-state index contributed by atoms with van der Waals surface area (Å²) in [5, 5.41) is 0. The van der Waals surface area contributed by atoms with E-state index in [9.17, 15) is 0 Å². The topological polar surface area (TPSA) is 26.0 Å². The first-order valence-corrected chi connectivity index (χ1v) is 5.57. The molecule has 0 amide bonds. The maximum atomic E-state index is 6.45. The smallest absolute Gasteiger partial charge is 0.0409 e. The number of hydrogen-bond acceptors (Lipinski definition) is 1. The summed E-state index contributed by atoms with van der Waals surface area (Å²) >= 11 is 0. The molecule has 84 valence electrons. The number of benzene rings is 1. The van der Waals surface area contributed by atoms with Crippen LogP contribution < -0.4 is 5.73 Å². The van der Waals surface area contributed by atoms with E-state index in [1.807, 2.05) is 0 Å². The molecule has 1 aliphatic rings. The van der Waals surface area contributed by atoms with E-state index in [4.69, 9.17) is 5.73 Å². The van der Waals surface area contributed by atoms with Crippen LogP contribution in [-0.4, -0.2) is 0 Å². The van der Waals surface area contributed by atoms with Crippen LogP contribution in [0.4, 0.5) is 0 Å². The second-order valence-corrected chi connectivity index (χ2v) is 4.59. The standard InChI is InChI=1S/C13H19N.ClH/c1-11-6-5-7-12(10-11)13(14)8-3-2-4-9-13;/h5-7,10H,2-4,8-9,14H2,1H3;1H. The van der Waals surface area contributed by atoms with Gasteiger partial charge in [0.25, 0.3) is 0 Å². The van der Waals surface area contributed by atoms with Crippen molar-refractivity contribution in [3.8, 4) is 0 Å². The molecule has 2 rings (SSSR count). The van der Waals surface area contributed by atoms with Crippen molar-refractivity contribution in [1.29, 1.82) is 0 Å². The van der Waals surface area contributed by atoms with Crippen molar-refractivity contribution in [2.75, 3.05) is 0 Å². The molecule has 1 saturated carbocycles. The Labute approximate surface area is 98.5 Å². The lowest BCUT2D eigenvalue weighted by atomic mass is 9.77. The highest BCUT2D eigenvalue weighted by atomic mass is 35.5. The molecule has 0 bridgehead atoms. The summed E-state index contributed by atoms with van der Waals surface area (Å²) in [5.41, 5.74) is 9.06. The maximum Gasteiger partial charge on any atom is 0.0409 e. The van der Waals surface area contributed by atoms with Crippen LogP contribution in [0.25, 0.3) is 0 Å². The van der Waals surface area contributed by atoms with E-state index in [0.29, 0.717) is 0 Å². The monoisotopic (exact) mass is 225 g/mol. The number of rotatable bonds is 1. The average molecular weight is 226 g/mol. The van der Waals surface area contributed by atoms with Gasteiger partial charge in [0.1, 0.15) is 0 Å². The number of halogens is 1. The molecule has 0 radical (unpaired) electrons. The average Bonchev–Trinajstić information content (AvgIpc) is 2.19. The zero-order valence-corrected chi connectivity index (χ0v) is 10.1. The summed E-state index contributed by atoms with van der Waals surface area (Å²) in [5.74, 6) is 0. The predicted octanol–water partition coefficient (Wildman–Crippen LogP) is 3.53. The molecule has 15 heavy (non-hydrogen) atoms. The molecule has 0 aliphatic heterocycles. The minimum absolute atomic E-state index is 0. The Bertz CT molecular complexity index is 316. The van der Waals surface area contributed by atoms with Crippen molar-refractivity contribution in [1.82, 2.24) is 0 Å². The van der Waals surface area contributed by atoms with Crippen molar-refractivity contribution < 1.29 is 0 Å². The van der Waals surface area contributed by atoms with Gasteiger partial charge < -0.3 is 5.73 Å². The fourth-order valence-electron chi connectivity index (χ4n) is 2.43. The summed E-state index contributed by atoms with van der Waals surface area (Å²) < 4.78 is 0. The number of hydrogen-bond donors (Lipinski definition) is 1. The van der Waals surface area contributed by atoms with E-state index in [-0.39, 0.29) is 17.9 Å². The minimum atomic E-state index is -0.0374. The van der Waals surface area contributed by atoms with Gasteiger partial charge in [0.05, 0.1) is 0 Å². The Morgan fingerprint density at radius 1 is 1.13 bits per heavy atom. The maximum absolute atomic E-state index is 6.45. The molecule has 0 spiro atoms. The van der Waals surface area contributed by atoms with Crippen molar-refractivity contribution in [3.05, 3.63) is 35.4 Å². The first-order valence-electron chi connectivity index (χ1n) is 5.57. The zero-order chi connectivity index (χ0) is 10.0. The summed E-state index contributed by atoms with van der Waals surface area (Å²) in [6, 6.07) is 8.67. The molecular weight excluding hydrogens is 206 g/mol. The SMILES string of the molecule is Cc1cccc(C2(N)CCCCC2)c1.Cl. The van der Waals surface area contributed by atoms with Crippen molar-refractivity contribution >= 4 is 12.4 Å². The van der Waals surface area contributed by atoms with Crippen molar-refractivity contribution in [2.45, 2.75) is 44.6 Å². The lowest BCUT2D eigenvalue weighted by Crippen LogP contribution is -2.38. The molecule has 0 aromatic heterocycles. The van der Waals surface area contributed by atoms with Crippen LogP contribution in [0.5, 0.6) is 0 Å². The van der Waals surface area contributed by atoms with Crippen molar-refractivity contribution in [3.63, 3.8) is 0 Å². The number of aryl methyl sites for hydroxylation is 1. The third-order valence-corrected chi connectivity index (χ3v) is 3.34. The largest absolute Gasteiger partial charge is 0.321 e. The second kappa shape index (κ2) is 5.00. The molecular formula is C13H20ClN. The molecule has 1 aromatic rings. The third kappa shape index (κ3) is 2.73. The molecule has 0 heterocycles. The predicted molar refractivity (Wildman–Crippen MR) is 67.4 cm³/mol. The van der Waals surface area contributed by atoms with E-state index in [1.54, 1.807) is 0 Å². The van der Waals surface area contributed by atoms with Gasteiger partial charge in [-0.05, 0) is 25.3 Å². The van der Waals surface area contributed by atoms with Crippen LogP contribution in [0.1, 0.15) is 43.2 Å². The Morgan fingerprint density at radius 2 is 1.80 bits per heavy atom. The summed E-state index contributed by atoms with van der Waals surface area (Å²) in [4.78, 5) is 0. The summed E-state index contributed by atoms with van der Waals surface area (Å²) in [7, 11) is 0. The fourth-order valence-corrected chi connectivity index (χ4v) is 2.43. The lowest BCUT2D eigenvalue weighted by molar-refractivity contribution is 0.302. The quantitative estimate of drug-likeness (QED) is 0.778. The van der Waals surface area contributed by atoms with E-state index >= 15 is 0 Å². The normalized spacial score (nSPS) is 19.3. The molecule has 0 unspecified atom stereocenters. The highest BCUT2D eigenvalue weighted by Crippen LogP contribution is 2.34. The third-order valence-electron chi connectivity index (χ3n) is 3.34. The van der Waals surface area contributed by atoms with Crippen LogP contribution >= 0.6 is 12.4 Å². The molecule has 0 atom stereocenters. The van der Waals surface area contributed by atoms with E-state index < -0.39 is 0 Å². The van der Waals surface area contributed by atoms with E-state index in [0.717, 1.165) is 12.8 Å². The first kappa shape index (κ1) is 12.5. The van der Waals surface area contributed by atoms with Gasteiger partial charge in [-0.15, -0.1) is 12.4 Å². The van der Waals surface area contributed by atoms with Gasteiger partial charge in [-0.1, -0.05) is 49.1 Å². The molecule has 1 aromatic carbocycles. The molecule has 1 aliphatic carbocycles. The van der Waals surface area contributed by atoms with Crippen LogP contribution in [0.3, 0.4) is 0 Å². The molecule has 1 nitrogen and oxygen atoms in total. The first-order chi connectivity index (χ1) is 6.71. The minimum Gasteiger partial charge on any atom is -0.321 e. The van der Waals surface area contributed by atoms with E-state index in [2.05, 4.69) is 31.2 Å². The van der Waals surface area contributed by atoms with Gasteiger partial charge >= 0.3 is 0 Å². The van der Waals surface area contributed by atoms with Crippen molar-refractivity contribution in [2.24, 2.45) is 5.73 Å². The Kier molecular flexibility index (Phi) is 4.18. The van der Waals surface area contributed by atoms with E-state index in [1.165, 1.54) is 30.4 Å². The molecule has 2 N–H and O–H groups in total. The number of nitrogens with two attached hydrogens (primary N) is 1. The molecule has 0 saturated heterocycles. The van der Waals surface area contributed by atoms with Crippen LogP contribution in [0.2, 0.25) is 0 Å². The van der Waals surface area contributed by atoms with Gasteiger partial charge in [0, 0.05) is 5.54 Å². The Hall–Kier alpha value is -0.530. The lowest BCUT2D eigenvalue weighted by Gasteiger charge is -2.34. The summed E-state index contributed by atoms with van der Waals surface area (Å²) in [6.07, 6.45) is 6.21. The second-order valence-electron chi connectivity index (χ2n) is 4.59. The van der Waals surface area contributed by atoms with Gasteiger partial charge in [0.2, 0.25) is 0 Å². The van der Waals surface area contributed by atoms with Crippen LogP contribution in [0.15, 0.2) is 24.3 Å². The highest BCUT2D eigenvalue weighted by Gasteiger charge is 2.28. The molecule has 1 fully saturated rings. The Balaban J connectivity index is 0.00000112. The Morgan fingerprint density at radius 3 is 2.40 bits per heavy atom. The zero-order valence-electron chi connectivity index (χ0n) is 9.33. The highest BCUT2D eigenvalue weighted by molar-refractivity contribution is 5.85. The van der Waals surface area contributed by atoms with Gasteiger partial charge in [-0.3, -0.25) is 0 Å².